The summed E-state index contributed by atoms with van der Waals surface area (Å²) in [6.07, 6.45) is 4.54. The molecule has 0 radical (unpaired) electrons. The van der Waals surface area contributed by atoms with E-state index in [1.165, 1.54) is 66.8 Å². The van der Waals surface area contributed by atoms with Gasteiger partial charge in [0.2, 0.25) is 0 Å². The molecule has 0 heteroatoms. The molecular weight excluding hydrogens is 516 g/mol. The van der Waals surface area contributed by atoms with Gasteiger partial charge in [0.05, 0.1) is 0 Å². The van der Waals surface area contributed by atoms with E-state index >= 15 is 0 Å². The van der Waals surface area contributed by atoms with E-state index in [-0.39, 0.29) is 17.3 Å². The Labute approximate surface area is 258 Å². The summed E-state index contributed by atoms with van der Waals surface area (Å²) in [5, 5.41) is 0. The Balaban J connectivity index is 1.68. The van der Waals surface area contributed by atoms with E-state index in [1.54, 1.807) is 0 Å². The van der Waals surface area contributed by atoms with Crippen LogP contribution < -0.4 is 0 Å². The minimum atomic E-state index is -0.363. The summed E-state index contributed by atoms with van der Waals surface area (Å²) in [6.45, 7) is 11.7. The highest BCUT2D eigenvalue weighted by Gasteiger charge is 2.55. The Kier molecular flexibility index (Phi) is 6.97. The molecule has 1 atom stereocenters. The highest BCUT2D eigenvalue weighted by Crippen LogP contribution is 2.65. The molecular formula is C43H42. The van der Waals surface area contributed by atoms with Crippen molar-refractivity contribution in [3.05, 3.63) is 171 Å². The van der Waals surface area contributed by atoms with Crippen molar-refractivity contribution in [2.45, 2.75) is 70.6 Å². The molecule has 5 aromatic carbocycles. The minimum absolute atomic E-state index is 0.153. The fourth-order valence-electron chi connectivity index (χ4n) is 8.43. The van der Waals surface area contributed by atoms with Gasteiger partial charge in [-0.05, 0) is 86.9 Å². The first-order chi connectivity index (χ1) is 21.0. The van der Waals surface area contributed by atoms with Crippen LogP contribution in [0.5, 0.6) is 0 Å². The molecule has 0 saturated heterocycles. The van der Waals surface area contributed by atoms with Crippen molar-refractivity contribution in [2.24, 2.45) is 0 Å². The fourth-order valence-corrected chi connectivity index (χ4v) is 8.43. The van der Waals surface area contributed by atoms with Crippen LogP contribution in [0.1, 0.15) is 102 Å². The third kappa shape index (κ3) is 4.18. The molecule has 0 bridgehead atoms. The average Bonchev–Trinajstić information content (AvgIpc) is 3.56. The molecule has 0 heterocycles. The molecule has 43 heavy (non-hydrogen) atoms. The molecule has 0 nitrogen and oxygen atoms in total. The molecule has 2 aliphatic rings. The highest BCUT2D eigenvalue weighted by atomic mass is 14.6. The van der Waals surface area contributed by atoms with Gasteiger partial charge in [0.1, 0.15) is 0 Å². The van der Waals surface area contributed by atoms with Crippen LogP contribution in [0.2, 0.25) is 0 Å². The molecule has 5 aromatic rings. The molecule has 0 aliphatic heterocycles. The minimum Gasteiger partial charge on any atom is -0.0639 e. The van der Waals surface area contributed by atoms with Crippen LogP contribution in [-0.2, 0) is 18.3 Å². The summed E-state index contributed by atoms with van der Waals surface area (Å²) in [6, 6.07) is 44.5. The largest absolute Gasteiger partial charge is 0.0639 e. The van der Waals surface area contributed by atoms with Crippen molar-refractivity contribution in [3.63, 3.8) is 0 Å². The first-order valence-electron chi connectivity index (χ1n) is 16.2. The van der Waals surface area contributed by atoms with Gasteiger partial charge in [-0.15, -0.1) is 0 Å². The lowest BCUT2D eigenvalue weighted by molar-refractivity contribution is 0.403. The van der Waals surface area contributed by atoms with Gasteiger partial charge in [-0.2, -0.15) is 0 Å². The van der Waals surface area contributed by atoms with E-state index in [0.29, 0.717) is 5.92 Å². The van der Waals surface area contributed by atoms with Crippen molar-refractivity contribution in [1.29, 1.82) is 0 Å². The van der Waals surface area contributed by atoms with E-state index in [4.69, 9.17) is 0 Å². The molecule has 1 unspecified atom stereocenters. The molecule has 2 aliphatic carbocycles. The Hall–Kier alpha value is -4.16. The highest BCUT2D eigenvalue weighted by molar-refractivity contribution is 5.83. The van der Waals surface area contributed by atoms with Gasteiger partial charge in [0.15, 0.2) is 0 Å². The third-order valence-corrected chi connectivity index (χ3v) is 10.3. The maximum Gasteiger partial charge on any atom is 0.0418 e. The van der Waals surface area contributed by atoms with Crippen LogP contribution in [0, 0.1) is 0 Å². The standard InChI is InChI=1S/C43H42/c1-6-30-21-23-36-37-24-22-31(7-2)27-39(37)42(38(36)26-30)43(33-16-10-8-11-17-33,34-18-12-9-13-19-34)41-29(5)25-32-15-14-20-35(28(3)4)40(32)41/h8-28,41-42H,6-7H2,1-5H3. The Morgan fingerprint density at radius 2 is 1.14 bits per heavy atom. The van der Waals surface area contributed by atoms with Crippen LogP contribution >= 0.6 is 0 Å². The number of benzene rings is 5. The first-order valence-corrected chi connectivity index (χ1v) is 16.2. The predicted molar refractivity (Wildman–Crippen MR) is 183 cm³/mol. The van der Waals surface area contributed by atoms with Gasteiger partial charge < -0.3 is 0 Å². The molecule has 0 amide bonds. The smallest absolute Gasteiger partial charge is 0.0418 e. The Morgan fingerprint density at radius 1 is 0.605 bits per heavy atom. The molecule has 214 valence electrons. The van der Waals surface area contributed by atoms with Crippen LogP contribution in [0.15, 0.2) is 121 Å². The SMILES string of the molecule is CCc1ccc2c(c1)C(C(c1ccccc1)(c1ccccc1)C1C(C)=Cc3cccc(C(C)C)c31)c1cc(CC)ccc1-2. The van der Waals surface area contributed by atoms with Crippen LogP contribution in [0.25, 0.3) is 17.2 Å². The fraction of sp³-hybridized carbons (Fsp3) is 0.256. The number of aryl methyl sites for hydroxylation is 2. The number of fused-ring (bicyclic) bond motifs is 4. The van der Waals surface area contributed by atoms with Gasteiger partial charge in [0, 0.05) is 17.3 Å². The van der Waals surface area contributed by atoms with E-state index in [2.05, 4.69) is 156 Å². The quantitative estimate of drug-likeness (QED) is 0.186. The second-order valence-electron chi connectivity index (χ2n) is 12.9. The number of allylic oxidation sites excluding steroid dienone is 1. The third-order valence-electron chi connectivity index (χ3n) is 10.3. The van der Waals surface area contributed by atoms with Gasteiger partial charge in [-0.1, -0.05) is 155 Å². The van der Waals surface area contributed by atoms with Gasteiger partial charge in [-0.3, -0.25) is 0 Å². The second-order valence-corrected chi connectivity index (χ2v) is 12.9. The summed E-state index contributed by atoms with van der Waals surface area (Å²) in [5.41, 5.74) is 16.8. The monoisotopic (exact) mass is 558 g/mol. The van der Waals surface area contributed by atoms with Crippen LogP contribution in [0.3, 0.4) is 0 Å². The number of rotatable bonds is 7. The molecule has 0 spiro atoms. The van der Waals surface area contributed by atoms with Crippen molar-refractivity contribution >= 4 is 6.08 Å². The van der Waals surface area contributed by atoms with Gasteiger partial charge in [0.25, 0.3) is 0 Å². The summed E-state index contributed by atoms with van der Waals surface area (Å²) in [4.78, 5) is 0. The summed E-state index contributed by atoms with van der Waals surface area (Å²) in [5.74, 6) is 0.771. The van der Waals surface area contributed by atoms with E-state index < -0.39 is 0 Å². The van der Waals surface area contributed by atoms with E-state index in [1.807, 2.05) is 0 Å². The lowest BCUT2D eigenvalue weighted by Gasteiger charge is -2.48. The molecule has 0 saturated carbocycles. The van der Waals surface area contributed by atoms with Crippen LogP contribution in [0.4, 0.5) is 0 Å². The maximum atomic E-state index is 2.54. The van der Waals surface area contributed by atoms with Crippen molar-refractivity contribution < 1.29 is 0 Å². The lowest BCUT2D eigenvalue weighted by atomic mass is 9.53. The molecule has 0 N–H and O–H groups in total. The lowest BCUT2D eigenvalue weighted by Crippen LogP contribution is -2.41. The summed E-state index contributed by atoms with van der Waals surface area (Å²) in [7, 11) is 0. The second kappa shape index (κ2) is 10.8. The van der Waals surface area contributed by atoms with Crippen molar-refractivity contribution in [3.8, 4) is 11.1 Å². The van der Waals surface area contributed by atoms with Gasteiger partial charge in [-0.25, -0.2) is 0 Å². The van der Waals surface area contributed by atoms with E-state index in [0.717, 1.165) is 12.8 Å². The van der Waals surface area contributed by atoms with E-state index in [9.17, 15) is 0 Å². The normalized spacial score (nSPS) is 15.8. The zero-order chi connectivity index (χ0) is 29.7. The zero-order valence-corrected chi connectivity index (χ0v) is 26.2. The molecule has 0 aromatic heterocycles. The maximum absolute atomic E-state index is 2.54. The van der Waals surface area contributed by atoms with Crippen molar-refractivity contribution in [2.75, 3.05) is 0 Å². The Bertz CT molecular complexity index is 1730. The summed E-state index contributed by atoms with van der Waals surface area (Å²) < 4.78 is 0. The average molecular weight is 559 g/mol. The molecule has 7 rings (SSSR count). The van der Waals surface area contributed by atoms with Gasteiger partial charge >= 0.3 is 0 Å². The Morgan fingerprint density at radius 3 is 1.63 bits per heavy atom. The zero-order valence-electron chi connectivity index (χ0n) is 26.2. The van der Waals surface area contributed by atoms with Crippen LogP contribution in [-0.4, -0.2) is 0 Å². The van der Waals surface area contributed by atoms with Crippen molar-refractivity contribution in [1.82, 2.24) is 0 Å². The first kappa shape index (κ1) is 27.7. The predicted octanol–water partition coefficient (Wildman–Crippen LogP) is 11.2. The molecule has 0 fully saturated rings. The number of hydrogen-bond acceptors (Lipinski definition) is 0. The topological polar surface area (TPSA) is 0 Å². The summed E-state index contributed by atoms with van der Waals surface area (Å²) >= 11 is 0. The number of hydrogen-bond donors (Lipinski definition) is 0.